The van der Waals surface area contributed by atoms with Gasteiger partial charge in [-0.15, -0.1) is 0 Å². The molecular weight excluding hydrogens is 322 g/mol. The third-order valence-electron chi connectivity index (χ3n) is 3.44. The second-order valence-electron chi connectivity index (χ2n) is 5.01. The summed E-state index contributed by atoms with van der Waals surface area (Å²) < 4.78 is 24.2. The van der Waals surface area contributed by atoms with Crippen molar-refractivity contribution in [2.75, 3.05) is 5.75 Å². The molecule has 0 atom stereocenters. The molecule has 0 unspecified atom stereocenters. The summed E-state index contributed by atoms with van der Waals surface area (Å²) in [6.45, 7) is 0.340. The number of benzene rings is 2. The molecule has 6 heteroatoms. The highest BCUT2D eigenvalue weighted by molar-refractivity contribution is 7.91. The Morgan fingerprint density at radius 2 is 1.91 bits per heavy atom. The minimum absolute atomic E-state index is 0.0369. The molecule has 1 heterocycles. The van der Waals surface area contributed by atoms with Crippen LogP contribution in [-0.4, -0.2) is 19.9 Å². The van der Waals surface area contributed by atoms with Gasteiger partial charge < -0.3 is 4.84 Å². The summed E-state index contributed by atoms with van der Waals surface area (Å²) in [5, 5.41) is 4.60. The van der Waals surface area contributed by atoms with Crippen LogP contribution in [0.25, 0.3) is 0 Å². The lowest BCUT2D eigenvalue weighted by atomic mass is 10.1. The molecule has 0 amide bonds. The van der Waals surface area contributed by atoms with E-state index in [0.717, 1.165) is 5.56 Å². The van der Waals surface area contributed by atoms with E-state index in [4.69, 9.17) is 16.4 Å². The van der Waals surface area contributed by atoms with E-state index in [9.17, 15) is 8.42 Å². The fraction of sp³-hybridized carbons (Fsp3) is 0.188. The quantitative estimate of drug-likeness (QED) is 0.807. The Morgan fingerprint density at radius 3 is 2.68 bits per heavy atom. The Hall–Kier alpha value is -1.85. The molecule has 1 aliphatic rings. The van der Waals surface area contributed by atoms with Crippen LogP contribution in [0.1, 0.15) is 17.5 Å². The fourth-order valence-electron chi connectivity index (χ4n) is 2.33. The summed E-state index contributed by atoms with van der Waals surface area (Å²) in [5.41, 5.74) is 2.15. The monoisotopic (exact) mass is 335 g/mol. The number of hydrogen-bond acceptors (Lipinski definition) is 4. The van der Waals surface area contributed by atoms with Crippen LogP contribution in [0.4, 0.5) is 0 Å². The van der Waals surface area contributed by atoms with Crippen molar-refractivity contribution in [3.8, 4) is 0 Å². The fourth-order valence-corrected chi connectivity index (χ4v) is 3.97. The number of rotatable bonds is 3. The molecule has 0 aromatic heterocycles. The Balaban J connectivity index is 1.86. The molecule has 0 N–H and O–H groups in total. The molecule has 2 aromatic carbocycles. The largest absolute Gasteiger partial charge is 0.391 e. The van der Waals surface area contributed by atoms with Crippen LogP contribution in [0.5, 0.6) is 0 Å². The number of nitrogens with zero attached hydrogens (tertiary/aromatic N) is 1. The average molecular weight is 336 g/mol. The van der Waals surface area contributed by atoms with E-state index in [1.807, 2.05) is 30.3 Å². The second kappa shape index (κ2) is 6.10. The number of halogens is 1. The molecule has 22 heavy (non-hydrogen) atoms. The van der Waals surface area contributed by atoms with Gasteiger partial charge in [0.05, 0.1) is 16.4 Å². The highest BCUT2D eigenvalue weighted by atomic mass is 35.5. The predicted octanol–water partition coefficient (Wildman–Crippen LogP) is 3.44. The second-order valence-corrected chi connectivity index (χ2v) is 7.52. The molecule has 0 fully saturated rings. The Kier molecular flexibility index (Phi) is 4.18. The average Bonchev–Trinajstić information content (AvgIpc) is 2.50. The summed E-state index contributed by atoms with van der Waals surface area (Å²) in [7, 11) is -3.26. The number of hydrogen-bond donors (Lipinski definition) is 0. The van der Waals surface area contributed by atoms with Crippen LogP contribution < -0.4 is 0 Å². The van der Waals surface area contributed by atoms with Gasteiger partial charge in [0.25, 0.3) is 0 Å². The zero-order valence-corrected chi connectivity index (χ0v) is 13.3. The van der Waals surface area contributed by atoms with Crippen molar-refractivity contribution in [1.29, 1.82) is 0 Å². The maximum absolute atomic E-state index is 12.1. The van der Waals surface area contributed by atoms with E-state index in [1.165, 1.54) is 6.07 Å². The van der Waals surface area contributed by atoms with Crippen molar-refractivity contribution in [2.45, 2.75) is 17.9 Å². The summed E-state index contributed by atoms with van der Waals surface area (Å²) in [6.07, 6.45) is 0.324. The van der Waals surface area contributed by atoms with E-state index < -0.39 is 9.84 Å². The van der Waals surface area contributed by atoms with Gasteiger partial charge in [-0.25, -0.2) is 8.42 Å². The van der Waals surface area contributed by atoms with Crippen LogP contribution in [0, 0.1) is 0 Å². The van der Waals surface area contributed by atoms with Crippen molar-refractivity contribution >= 4 is 27.1 Å². The lowest BCUT2D eigenvalue weighted by molar-refractivity contribution is 0.130. The van der Waals surface area contributed by atoms with Gasteiger partial charge >= 0.3 is 0 Å². The highest BCUT2D eigenvalue weighted by Crippen LogP contribution is 2.28. The number of sulfone groups is 1. The lowest BCUT2D eigenvalue weighted by Crippen LogP contribution is -2.22. The zero-order chi connectivity index (χ0) is 15.6. The third-order valence-corrected chi connectivity index (χ3v) is 5.45. The molecule has 0 saturated heterocycles. The molecule has 0 spiro atoms. The SMILES string of the molecule is O=S1(=O)CC/C(=N/OCc2ccccc2)c2cc(Cl)ccc21. The summed E-state index contributed by atoms with van der Waals surface area (Å²) in [6, 6.07) is 14.4. The van der Waals surface area contributed by atoms with Gasteiger partial charge in [-0.05, 0) is 23.8 Å². The van der Waals surface area contributed by atoms with Gasteiger partial charge in [-0.3, -0.25) is 0 Å². The molecule has 4 nitrogen and oxygen atoms in total. The third kappa shape index (κ3) is 3.15. The van der Waals surface area contributed by atoms with Gasteiger partial charge in [0.2, 0.25) is 0 Å². The minimum atomic E-state index is -3.26. The van der Waals surface area contributed by atoms with Crippen LogP contribution in [0.15, 0.2) is 58.6 Å². The van der Waals surface area contributed by atoms with E-state index in [0.29, 0.717) is 29.3 Å². The number of oxime groups is 1. The van der Waals surface area contributed by atoms with Gasteiger partial charge in [0, 0.05) is 17.0 Å². The molecule has 0 radical (unpaired) electrons. The molecule has 0 aliphatic carbocycles. The van der Waals surface area contributed by atoms with Gasteiger partial charge in [0.15, 0.2) is 9.84 Å². The van der Waals surface area contributed by atoms with E-state index in [2.05, 4.69) is 5.16 Å². The van der Waals surface area contributed by atoms with Crippen LogP contribution >= 0.6 is 11.6 Å². The van der Waals surface area contributed by atoms with Crippen molar-refractivity contribution < 1.29 is 13.3 Å². The molecule has 0 saturated carbocycles. The topological polar surface area (TPSA) is 55.7 Å². The first-order chi connectivity index (χ1) is 10.6. The van der Waals surface area contributed by atoms with Crippen molar-refractivity contribution in [2.24, 2.45) is 5.16 Å². The van der Waals surface area contributed by atoms with E-state index in [-0.39, 0.29) is 10.6 Å². The standard InChI is InChI=1S/C16H14ClNO3S/c17-13-6-7-16-14(10-13)15(8-9-22(16,19)20)18-21-11-12-4-2-1-3-5-12/h1-7,10H,8-9,11H2/b18-15-. The Morgan fingerprint density at radius 1 is 1.14 bits per heavy atom. The normalized spacial score (nSPS) is 18.0. The first kappa shape index (κ1) is 15.1. The molecule has 114 valence electrons. The first-order valence-electron chi connectivity index (χ1n) is 6.82. The predicted molar refractivity (Wildman–Crippen MR) is 85.9 cm³/mol. The molecule has 1 aliphatic heterocycles. The van der Waals surface area contributed by atoms with E-state index in [1.54, 1.807) is 12.1 Å². The molecular formula is C16H14ClNO3S. The molecule has 2 aromatic rings. The smallest absolute Gasteiger partial charge is 0.179 e. The van der Waals surface area contributed by atoms with Crippen molar-refractivity contribution in [3.63, 3.8) is 0 Å². The maximum Gasteiger partial charge on any atom is 0.179 e. The lowest BCUT2D eigenvalue weighted by Gasteiger charge is -2.18. The highest BCUT2D eigenvalue weighted by Gasteiger charge is 2.28. The summed E-state index contributed by atoms with van der Waals surface area (Å²) in [4.78, 5) is 5.64. The summed E-state index contributed by atoms with van der Waals surface area (Å²) in [5.74, 6) is 0.0369. The minimum Gasteiger partial charge on any atom is -0.391 e. The van der Waals surface area contributed by atoms with Crippen LogP contribution in [-0.2, 0) is 21.3 Å². The Labute approximate surface area is 134 Å². The molecule has 3 rings (SSSR count). The van der Waals surface area contributed by atoms with Crippen LogP contribution in [0.2, 0.25) is 5.02 Å². The molecule has 0 bridgehead atoms. The Bertz CT molecular complexity index is 817. The maximum atomic E-state index is 12.1. The van der Waals surface area contributed by atoms with Gasteiger partial charge in [-0.2, -0.15) is 0 Å². The van der Waals surface area contributed by atoms with Gasteiger partial charge in [0.1, 0.15) is 6.61 Å². The van der Waals surface area contributed by atoms with Crippen molar-refractivity contribution in [1.82, 2.24) is 0 Å². The van der Waals surface area contributed by atoms with Crippen LogP contribution in [0.3, 0.4) is 0 Å². The zero-order valence-electron chi connectivity index (χ0n) is 11.7. The summed E-state index contributed by atoms with van der Waals surface area (Å²) >= 11 is 5.97. The first-order valence-corrected chi connectivity index (χ1v) is 8.85. The van der Waals surface area contributed by atoms with Crippen molar-refractivity contribution in [3.05, 3.63) is 64.7 Å². The van der Waals surface area contributed by atoms with Gasteiger partial charge in [-0.1, -0.05) is 47.1 Å². The number of fused-ring (bicyclic) bond motifs is 1. The van der Waals surface area contributed by atoms with E-state index >= 15 is 0 Å².